The number of hydrogen-bond donors (Lipinski definition) is 0. The smallest absolute Gasteiger partial charge is 0.345 e. The lowest BCUT2D eigenvalue weighted by atomic mass is 10.0. The van der Waals surface area contributed by atoms with Gasteiger partial charge in [-0.05, 0) is 34.5 Å². The highest BCUT2D eigenvalue weighted by Gasteiger charge is 2.31. The van der Waals surface area contributed by atoms with E-state index in [0.717, 1.165) is 38.3 Å². The fourth-order valence-corrected chi connectivity index (χ4v) is 4.80. The normalized spacial score (nSPS) is 15.4. The van der Waals surface area contributed by atoms with Gasteiger partial charge in [0.2, 0.25) is 0 Å². The lowest BCUT2D eigenvalue weighted by Crippen LogP contribution is -2.28. The molecule has 1 aromatic heterocycles. The van der Waals surface area contributed by atoms with E-state index in [1.54, 1.807) is 11.8 Å². The molecule has 2 aliphatic heterocycles. The minimum absolute atomic E-state index is 0.334. The highest BCUT2D eigenvalue weighted by atomic mass is 32.2. The molecular weight excluding hydrogens is 368 g/mol. The van der Waals surface area contributed by atoms with Crippen LogP contribution < -0.4 is 10.5 Å². The van der Waals surface area contributed by atoms with E-state index in [1.165, 1.54) is 0 Å². The molecule has 134 valence electrons. The maximum atomic E-state index is 12.9. The molecule has 28 heavy (non-hydrogen) atoms. The molecule has 0 atom stereocenters. The van der Waals surface area contributed by atoms with Gasteiger partial charge in [-0.25, -0.2) is 4.79 Å². The molecule has 0 fully saturated rings. The third kappa shape index (κ3) is 2.20. The molecule has 0 spiro atoms. The van der Waals surface area contributed by atoms with Crippen LogP contribution in [0, 0.1) is 0 Å². The fourth-order valence-electron chi connectivity index (χ4n) is 3.91. The third-order valence-corrected chi connectivity index (χ3v) is 6.11. The van der Waals surface area contributed by atoms with Gasteiger partial charge in [0.25, 0.3) is 0 Å². The quantitative estimate of drug-likeness (QED) is 0.328. The zero-order valence-corrected chi connectivity index (χ0v) is 15.6. The molecule has 0 unspecified atom stereocenters. The molecule has 4 aromatic rings. The molecule has 5 heteroatoms. The molecule has 3 heterocycles. The summed E-state index contributed by atoms with van der Waals surface area (Å²) in [4.78, 5) is 19.6. The number of para-hydroxylation sites is 1. The summed E-state index contributed by atoms with van der Waals surface area (Å²) in [6.45, 7) is 0.660. The van der Waals surface area contributed by atoms with Crippen LogP contribution in [0.5, 0.6) is 0 Å². The molecule has 6 rings (SSSR count). The van der Waals surface area contributed by atoms with Gasteiger partial charge in [0.1, 0.15) is 5.58 Å². The minimum Gasteiger partial charge on any atom is -0.422 e. The maximum absolute atomic E-state index is 12.9. The van der Waals surface area contributed by atoms with Crippen molar-refractivity contribution < 1.29 is 4.42 Å². The van der Waals surface area contributed by atoms with Crippen molar-refractivity contribution in [1.29, 1.82) is 0 Å². The summed E-state index contributed by atoms with van der Waals surface area (Å²) in [7, 11) is 0. The summed E-state index contributed by atoms with van der Waals surface area (Å²) in [5.41, 5.74) is 3.86. The van der Waals surface area contributed by atoms with E-state index in [4.69, 9.17) is 4.42 Å². The zero-order chi connectivity index (χ0) is 18.7. The van der Waals surface area contributed by atoms with Gasteiger partial charge in [-0.3, -0.25) is 9.89 Å². The highest BCUT2D eigenvalue weighted by Crippen LogP contribution is 2.41. The molecule has 2 aliphatic rings. The van der Waals surface area contributed by atoms with Crippen LogP contribution in [-0.2, 0) is 6.54 Å². The van der Waals surface area contributed by atoms with E-state index >= 15 is 0 Å². The summed E-state index contributed by atoms with van der Waals surface area (Å²) < 4.78 is 5.71. The van der Waals surface area contributed by atoms with Gasteiger partial charge >= 0.3 is 5.63 Å². The molecule has 0 N–H and O–H groups in total. The second kappa shape index (κ2) is 5.84. The molecule has 0 radical (unpaired) electrons. The van der Waals surface area contributed by atoms with Gasteiger partial charge in [-0.1, -0.05) is 60.3 Å². The first-order valence-corrected chi connectivity index (χ1v) is 9.93. The predicted molar refractivity (Wildman–Crippen MR) is 116 cm³/mol. The van der Waals surface area contributed by atoms with Crippen LogP contribution in [0.3, 0.4) is 0 Å². The first kappa shape index (κ1) is 15.7. The SMILES string of the molecule is O=c1oc2ccc3ccccc3c2cc1C1=CSC2=NCc3ccccc3N12. The number of fused-ring (bicyclic) bond motifs is 6. The number of anilines is 1. The highest BCUT2D eigenvalue weighted by molar-refractivity contribution is 8.17. The Bertz CT molecular complexity index is 1400. The van der Waals surface area contributed by atoms with E-state index < -0.39 is 0 Å². The van der Waals surface area contributed by atoms with E-state index in [0.29, 0.717) is 17.7 Å². The number of aliphatic imine (C=N–C) groups is 1. The van der Waals surface area contributed by atoms with E-state index in [9.17, 15) is 4.79 Å². The first-order chi connectivity index (χ1) is 13.8. The Labute approximate surface area is 164 Å². The number of amidine groups is 1. The van der Waals surface area contributed by atoms with Crippen LogP contribution in [0.4, 0.5) is 5.69 Å². The Morgan fingerprint density at radius 1 is 0.964 bits per heavy atom. The molecule has 4 nitrogen and oxygen atoms in total. The lowest BCUT2D eigenvalue weighted by molar-refractivity contribution is 0.559. The number of rotatable bonds is 1. The summed E-state index contributed by atoms with van der Waals surface area (Å²) in [6.07, 6.45) is 0. The number of hydrogen-bond acceptors (Lipinski definition) is 5. The zero-order valence-electron chi connectivity index (χ0n) is 14.8. The Morgan fingerprint density at radius 3 is 2.79 bits per heavy atom. The van der Waals surface area contributed by atoms with Gasteiger partial charge in [0.15, 0.2) is 5.17 Å². The molecule has 0 bridgehead atoms. The Morgan fingerprint density at radius 2 is 1.82 bits per heavy atom. The predicted octanol–water partition coefficient (Wildman–Crippen LogP) is 5.37. The van der Waals surface area contributed by atoms with Gasteiger partial charge in [-0.15, -0.1) is 0 Å². The van der Waals surface area contributed by atoms with E-state index in [1.807, 2.05) is 47.9 Å². The number of nitrogens with zero attached hydrogens (tertiary/aromatic N) is 2. The van der Waals surface area contributed by atoms with Crippen LogP contribution in [0.25, 0.3) is 27.4 Å². The second-order valence-electron chi connectivity index (χ2n) is 6.83. The Balaban J connectivity index is 1.60. The Kier molecular flexibility index (Phi) is 3.28. The van der Waals surface area contributed by atoms with Crippen molar-refractivity contribution in [3.8, 4) is 0 Å². The third-order valence-electron chi connectivity index (χ3n) is 5.24. The Hall–Kier alpha value is -3.31. The number of thioether (sulfide) groups is 1. The van der Waals surface area contributed by atoms with Crippen LogP contribution >= 0.6 is 11.8 Å². The minimum atomic E-state index is -0.334. The van der Waals surface area contributed by atoms with Crippen LogP contribution in [0.15, 0.2) is 86.3 Å². The van der Waals surface area contributed by atoms with Gasteiger partial charge in [-0.2, -0.15) is 0 Å². The van der Waals surface area contributed by atoms with Gasteiger partial charge in [0.05, 0.1) is 23.5 Å². The first-order valence-electron chi connectivity index (χ1n) is 9.05. The molecule has 0 amide bonds. The summed E-state index contributed by atoms with van der Waals surface area (Å²) >= 11 is 1.54. The van der Waals surface area contributed by atoms with Crippen molar-refractivity contribution in [3.05, 3.63) is 93.7 Å². The monoisotopic (exact) mass is 382 g/mol. The van der Waals surface area contributed by atoms with Crippen LogP contribution in [0.2, 0.25) is 0 Å². The van der Waals surface area contributed by atoms with E-state index in [2.05, 4.69) is 34.2 Å². The molecule has 0 saturated heterocycles. The second-order valence-corrected chi connectivity index (χ2v) is 7.67. The topological polar surface area (TPSA) is 45.8 Å². The van der Waals surface area contributed by atoms with E-state index in [-0.39, 0.29) is 5.63 Å². The molecular formula is C23H14N2O2S. The summed E-state index contributed by atoms with van der Waals surface area (Å²) in [6, 6.07) is 22.1. The van der Waals surface area contributed by atoms with Crippen molar-refractivity contribution in [2.45, 2.75) is 6.54 Å². The number of benzene rings is 3. The van der Waals surface area contributed by atoms with Crippen LogP contribution in [-0.4, -0.2) is 5.17 Å². The molecule has 0 aliphatic carbocycles. The maximum Gasteiger partial charge on any atom is 0.345 e. The largest absolute Gasteiger partial charge is 0.422 e. The summed E-state index contributed by atoms with van der Waals surface area (Å²) in [5, 5.41) is 6.02. The average Bonchev–Trinajstić information content (AvgIpc) is 3.17. The van der Waals surface area contributed by atoms with Gasteiger partial charge < -0.3 is 4.42 Å². The van der Waals surface area contributed by atoms with Crippen molar-refractivity contribution in [2.75, 3.05) is 4.90 Å². The van der Waals surface area contributed by atoms with Crippen LogP contribution in [0.1, 0.15) is 11.1 Å². The molecule has 0 saturated carbocycles. The standard InChI is InChI=1S/C23H14N2O2S/c26-22-18(11-17-16-7-3-1-5-14(16)9-10-21(17)27-22)20-13-28-23-24-12-15-6-2-4-8-19(15)25(20)23/h1-11,13H,12H2. The van der Waals surface area contributed by atoms with Crippen molar-refractivity contribution >= 4 is 50.1 Å². The fraction of sp³-hybridized carbons (Fsp3) is 0.0435. The lowest BCUT2D eigenvalue weighted by Gasteiger charge is -2.27. The van der Waals surface area contributed by atoms with Crippen molar-refractivity contribution in [1.82, 2.24) is 0 Å². The molecule has 3 aromatic carbocycles. The summed E-state index contributed by atoms with van der Waals surface area (Å²) in [5.74, 6) is 0. The van der Waals surface area contributed by atoms with Crippen molar-refractivity contribution in [2.24, 2.45) is 4.99 Å². The average molecular weight is 382 g/mol. The van der Waals surface area contributed by atoms with Crippen molar-refractivity contribution in [3.63, 3.8) is 0 Å². The van der Waals surface area contributed by atoms with Gasteiger partial charge in [0, 0.05) is 10.8 Å².